The van der Waals surface area contributed by atoms with Gasteiger partial charge in [0.05, 0.1) is 37.4 Å². The van der Waals surface area contributed by atoms with E-state index in [0.29, 0.717) is 31.4 Å². The van der Waals surface area contributed by atoms with E-state index in [1.54, 1.807) is 32.6 Å². The maximum atomic E-state index is 13.4. The van der Waals surface area contributed by atoms with Crippen molar-refractivity contribution in [3.63, 3.8) is 0 Å². The molecule has 5 aliphatic rings. The predicted molar refractivity (Wildman–Crippen MR) is 156 cm³/mol. The van der Waals surface area contributed by atoms with E-state index >= 15 is 0 Å². The van der Waals surface area contributed by atoms with Crippen molar-refractivity contribution in [1.82, 2.24) is 0 Å². The SMILES string of the molecule is C/C=C(\C)C(=O)O[C@H]1C[C@@H](OC(C)=O)[C@@]2(C)CO[C@H]3[C@@H](O)[C@@]4(C)C5=C(C)[C@H](c6ccoc6)C[C@@H]5O[C@@H](OC)C[C@@H]4[C@]1(C)[C@@H]32. The van der Waals surface area contributed by atoms with Gasteiger partial charge in [-0.1, -0.05) is 32.4 Å². The number of hydrogen-bond acceptors (Lipinski definition) is 9. The maximum absolute atomic E-state index is 13.4. The maximum Gasteiger partial charge on any atom is 0.333 e. The van der Waals surface area contributed by atoms with Gasteiger partial charge in [0.15, 0.2) is 6.29 Å². The Bertz CT molecular complexity index is 1330. The molecule has 2 saturated carbocycles. The van der Waals surface area contributed by atoms with Crippen LogP contribution in [0.5, 0.6) is 0 Å². The summed E-state index contributed by atoms with van der Waals surface area (Å²) in [6.45, 7) is 13.8. The van der Waals surface area contributed by atoms with Crippen LogP contribution < -0.4 is 0 Å². The zero-order valence-electron chi connectivity index (χ0n) is 26.5. The molecule has 236 valence electrons. The molecule has 12 atom stereocenters. The second kappa shape index (κ2) is 10.6. The number of carbonyl (C=O) groups is 2. The quantitative estimate of drug-likeness (QED) is 0.282. The molecule has 0 bridgehead atoms. The average Bonchev–Trinajstić information content (AvgIpc) is 3.68. The van der Waals surface area contributed by atoms with Crippen LogP contribution in [0.4, 0.5) is 0 Å². The summed E-state index contributed by atoms with van der Waals surface area (Å²) in [5, 5.41) is 12.5. The number of ether oxygens (including phenoxy) is 5. The number of rotatable bonds is 5. The number of furan rings is 1. The first-order valence-corrected chi connectivity index (χ1v) is 15.5. The molecule has 2 aliphatic heterocycles. The van der Waals surface area contributed by atoms with Gasteiger partial charge in [-0.2, -0.15) is 0 Å². The molecular weight excluding hydrogens is 552 g/mol. The molecule has 1 aromatic heterocycles. The van der Waals surface area contributed by atoms with Gasteiger partial charge in [0.25, 0.3) is 0 Å². The fraction of sp³-hybridized carbons (Fsp3) is 0.706. The number of fused-ring (bicyclic) bond motifs is 4. The highest BCUT2D eigenvalue weighted by Crippen LogP contribution is 2.72. The number of carbonyl (C=O) groups excluding carboxylic acids is 2. The Hall–Kier alpha value is -2.46. The van der Waals surface area contributed by atoms with Gasteiger partial charge in [-0.3, -0.25) is 4.79 Å². The molecule has 0 amide bonds. The lowest BCUT2D eigenvalue weighted by Crippen LogP contribution is -2.71. The Morgan fingerprint density at radius 1 is 1.09 bits per heavy atom. The summed E-state index contributed by atoms with van der Waals surface area (Å²) >= 11 is 0. The summed E-state index contributed by atoms with van der Waals surface area (Å²) in [5.41, 5.74) is 1.75. The van der Waals surface area contributed by atoms with Crippen LogP contribution in [0.15, 0.2) is 45.8 Å². The fourth-order valence-corrected chi connectivity index (χ4v) is 10.1. The summed E-state index contributed by atoms with van der Waals surface area (Å²) in [5.74, 6) is -1.20. The normalized spacial score (nSPS) is 45.6. The molecule has 0 aromatic carbocycles. The summed E-state index contributed by atoms with van der Waals surface area (Å²) in [4.78, 5) is 25.7. The number of aliphatic hydroxyl groups is 1. The van der Waals surface area contributed by atoms with E-state index in [0.717, 1.165) is 16.7 Å². The largest absolute Gasteiger partial charge is 0.472 e. The zero-order valence-corrected chi connectivity index (χ0v) is 26.5. The Balaban J connectivity index is 1.55. The van der Waals surface area contributed by atoms with Crippen LogP contribution in [0.1, 0.15) is 79.2 Å². The highest BCUT2D eigenvalue weighted by Gasteiger charge is 2.76. The molecule has 1 aromatic rings. The van der Waals surface area contributed by atoms with Crippen molar-refractivity contribution in [1.29, 1.82) is 0 Å². The van der Waals surface area contributed by atoms with E-state index in [-0.39, 0.29) is 23.9 Å². The Kier molecular flexibility index (Phi) is 7.51. The first-order valence-electron chi connectivity index (χ1n) is 15.5. The van der Waals surface area contributed by atoms with Crippen LogP contribution in [-0.4, -0.2) is 67.6 Å². The minimum absolute atomic E-state index is 0.0741. The van der Waals surface area contributed by atoms with Crippen molar-refractivity contribution in [2.75, 3.05) is 13.7 Å². The second-order valence-corrected chi connectivity index (χ2v) is 14.1. The van der Waals surface area contributed by atoms with Crippen molar-refractivity contribution in [2.24, 2.45) is 28.1 Å². The van der Waals surface area contributed by atoms with Gasteiger partial charge < -0.3 is 33.2 Å². The zero-order chi connectivity index (χ0) is 31.1. The first kappa shape index (κ1) is 30.6. The highest BCUT2D eigenvalue weighted by molar-refractivity contribution is 5.87. The molecule has 3 heterocycles. The molecule has 0 unspecified atom stereocenters. The van der Waals surface area contributed by atoms with E-state index in [9.17, 15) is 14.7 Å². The standard InChI is InChI=1S/C34H46O9/c1-9-17(2)31(37)43-25-14-24(41-19(4)35)32(5)16-40-28-29(32)33(25,6)23-13-26(38-8)42-22-12-21(20-10-11-39-15-20)18(3)27(22)34(23,7)30(28)36/h9-11,15,21-26,28-30,36H,12-14,16H2,1-8H3/b17-9+/t21-,22+,23-,24-,25+,26-,28-,29+,30-,32-,33+,34-/m1/s1. The van der Waals surface area contributed by atoms with E-state index in [2.05, 4.69) is 27.7 Å². The molecule has 0 spiro atoms. The van der Waals surface area contributed by atoms with Gasteiger partial charge >= 0.3 is 11.9 Å². The minimum atomic E-state index is -0.878. The lowest BCUT2D eigenvalue weighted by molar-refractivity contribution is -0.259. The van der Waals surface area contributed by atoms with Crippen LogP contribution in [0, 0.1) is 28.1 Å². The number of hydrogen-bond donors (Lipinski definition) is 1. The fourth-order valence-electron chi connectivity index (χ4n) is 10.1. The van der Waals surface area contributed by atoms with E-state index in [1.165, 1.54) is 6.92 Å². The van der Waals surface area contributed by atoms with Crippen molar-refractivity contribution >= 4 is 11.9 Å². The topological polar surface area (TPSA) is 114 Å². The Labute approximate surface area is 253 Å². The molecule has 9 heteroatoms. The number of aliphatic hydroxyl groups excluding tert-OH is 1. The van der Waals surface area contributed by atoms with Crippen molar-refractivity contribution < 1.29 is 42.8 Å². The monoisotopic (exact) mass is 598 g/mol. The molecule has 0 radical (unpaired) electrons. The number of methoxy groups -OCH3 is 1. The summed E-state index contributed by atoms with van der Waals surface area (Å²) in [6, 6.07) is 1.99. The molecule has 2 saturated heterocycles. The lowest BCUT2D eigenvalue weighted by atomic mass is 9.39. The number of allylic oxidation sites excluding steroid dienone is 2. The van der Waals surface area contributed by atoms with Crippen molar-refractivity contribution in [3.05, 3.63) is 47.0 Å². The molecule has 43 heavy (non-hydrogen) atoms. The highest BCUT2D eigenvalue weighted by atomic mass is 16.7. The molecule has 6 rings (SSSR count). The third-order valence-corrected chi connectivity index (χ3v) is 12.1. The first-order chi connectivity index (χ1) is 20.3. The van der Waals surface area contributed by atoms with Crippen LogP contribution in [-0.2, 0) is 33.3 Å². The molecule has 9 nitrogen and oxygen atoms in total. The van der Waals surface area contributed by atoms with Crippen LogP contribution in [0.2, 0.25) is 0 Å². The number of esters is 2. The van der Waals surface area contributed by atoms with Gasteiger partial charge in [-0.05, 0) is 50.3 Å². The smallest absolute Gasteiger partial charge is 0.333 e. The van der Waals surface area contributed by atoms with Gasteiger partial charge in [-0.15, -0.1) is 0 Å². The van der Waals surface area contributed by atoms with Gasteiger partial charge in [0, 0.05) is 60.5 Å². The van der Waals surface area contributed by atoms with Crippen LogP contribution in [0.3, 0.4) is 0 Å². The van der Waals surface area contributed by atoms with Crippen molar-refractivity contribution in [2.45, 2.75) is 110 Å². The summed E-state index contributed by atoms with van der Waals surface area (Å²) in [6.07, 6.45) is 3.36. The van der Waals surface area contributed by atoms with Gasteiger partial charge in [0.2, 0.25) is 0 Å². The van der Waals surface area contributed by atoms with E-state index < -0.39 is 58.9 Å². The summed E-state index contributed by atoms with van der Waals surface area (Å²) in [7, 11) is 1.66. The predicted octanol–water partition coefficient (Wildman–Crippen LogP) is 5.08. The van der Waals surface area contributed by atoms with Crippen molar-refractivity contribution in [3.8, 4) is 0 Å². The Morgan fingerprint density at radius 3 is 2.47 bits per heavy atom. The minimum Gasteiger partial charge on any atom is -0.472 e. The van der Waals surface area contributed by atoms with Gasteiger partial charge in [0.1, 0.15) is 12.2 Å². The van der Waals surface area contributed by atoms with Crippen LogP contribution >= 0.6 is 0 Å². The average molecular weight is 599 g/mol. The Morgan fingerprint density at radius 2 is 1.84 bits per heavy atom. The lowest BCUT2D eigenvalue weighted by Gasteiger charge is -2.66. The molecule has 1 N–H and O–H groups in total. The molecular formula is C34H46O9. The molecule has 3 aliphatic carbocycles. The molecule has 4 fully saturated rings. The van der Waals surface area contributed by atoms with E-state index in [1.807, 2.05) is 13.0 Å². The third-order valence-electron chi connectivity index (χ3n) is 12.1. The third kappa shape index (κ3) is 4.25. The summed E-state index contributed by atoms with van der Waals surface area (Å²) < 4.78 is 37.1. The van der Waals surface area contributed by atoms with Crippen LogP contribution in [0.25, 0.3) is 0 Å². The van der Waals surface area contributed by atoms with Gasteiger partial charge in [-0.25, -0.2) is 4.79 Å². The second-order valence-electron chi connectivity index (χ2n) is 14.1. The van der Waals surface area contributed by atoms with E-state index in [4.69, 9.17) is 28.1 Å².